The van der Waals surface area contributed by atoms with E-state index in [1.165, 1.54) is 6.92 Å². The molecule has 0 amide bonds. The zero-order valence-electron chi connectivity index (χ0n) is 7.57. The van der Waals surface area contributed by atoms with Gasteiger partial charge in [0, 0.05) is 5.56 Å². The van der Waals surface area contributed by atoms with Crippen molar-refractivity contribution in [2.75, 3.05) is 0 Å². The summed E-state index contributed by atoms with van der Waals surface area (Å²) in [6.07, 6.45) is -2.98. The van der Waals surface area contributed by atoms with Gasteiger partial charge in [-0.1, -0.05) is 0 Å². The molecule has 0 saturated heterocycles. The zero-order chi connectivity index (χ0) is 11.6. The van der Waals surface area contributed by atoms with Crippen LogP contribution in [0.4, 0.5) is 14.6 Å². The second kappa shape index (κ2) is 3.96. The van der Waals surface area contributed by atoms with Crippen molar-refractivity contribution in [1.82, 2.24) is 4.98 Å². The highest BCUT2D eigenvalue weighted by Gasteiger charge is 2.25. The summed E-state index contributed by atoms with van der Waals surface area (Å²) in [6, 6.07) is 2.51. The Morgan fingerprint density at radius 3 is 2.67 bits per heavy atom. The van der Waals surface area contributed by atoms with Crippen molar-refractivity contribution < 1.29 is 13.7 Å². The molecule has 1 rings (SSSR count). The van der Waals surface area contributed by atoms with Gasteiger partial charge in [-0.15, -0.1) is 0 Å². The van der Waals surface area contributed by atoms with Crippen molar-refractivity contribution in [3.63, 3.8) is 0 Å². The average molecular weight is 213 g/mol. The topological polar surface area (TPSA) is 79.8 Å². The predicted octanol–water partition coefficient (Wildman–Crippen LogP) is 2.11. The average Bonchev–Trinajstić information content (AvgIpc) is 2.16. The Bertz CT molecular complexity index is 454. The third-order valence-corrected chi connectivity index (χ3v) is 1.74. The van der Waals surface area contributed by atoms with E-state index in [0.717, 1.165) is 6.07 Å². The maximum atomic E-state index is 12.4. The SMILES string of the molecule is Cc1cc(C(F)F)c([N+](=O)[O-])nc1C#N. The number of alkyl halides is 2. The zero-order valence-corrected chi connectivity index (χ0v) is 7.57. The summed E-state index contributed by atoms with van der Waals surface area (Å²) in [5, 5.41) is 18.9. The quantitative estimate of drug-likeness (QED) is 0.556. The van der Waals surface area contributed by atoms with Crippen LogP contribution in [0.5, 0.6) is 0 Å². The molecule has 0 aliphatic heterocycles. The molecule has 5 nitrogen and oxygen atoms in total. The molecule has 0 fully saturated rings. The third-order valence-electron chi connectivity index (χ3n) is 1.74. The van der Waals surface area contributed by atoms with E-state index < -0.39 is 22.7 Å². The first kappa shape index (κ1) is 11.0. The number of nitriles is 1. The van der Waals surface area contributed by atoms with E-state index in [0.29, 0.717) is 0 Å². The first-order chi connectivity index (χ1) is 6.97. The van der Waals surface area contributed by atoms with Crippen LogP contribution in [0.1, 0.15) is 23.2 Å². The third kappa shape index (κ3) is 2.04. The van der Waals surface area contributed by atoms with Crippen molar-refractivity contribution in [3.8, 4) is 6.07 Å². The summed E-state index contributed by atoms with van der Waals surface area (Å²) >= 11 is 0. The predicted molar refractivity (Wildman–Crippen MR) is 45.3 cm³/mol. The summed E-state index contributed by atoms with van der Waals surface area (Å²) in [5.41, 5.74) is -0.791. The second-order valence-corrected chi connectivity index (χ2v) is 2.74. The normalized spacial score (nSPS) is 10.1. The number of aromatic nitrogens is 1. The summed E-state index contributed by atoms with van der Waals surface area (Å²) in [7, 11) is 0. The molecular weight excluding hydrogens is 208 g/mol. The summed E-state index contributed by atoms with van der Waals surface area (Å²) < 4.78 is 24.8. The molecule has 1 aromatic heterocycles. The Kier molecular flexibility index (Phi) is 2.90. The first-order valence-corrected chi connectivity index (χ1v) is 3.81. The van der Waals surface area contributed by atoms with Gasteiger partial charge in [0.25, 0.3) is 12.1 Å². The van der Waals surface area contributed by atoms with Crippen LogP contribution in [0, 0.1) is 28.4 Å². The lowest BCUT2D eigenvalue weighted by molar-refractivity contribution is -0.391. The highest BCUT2D eigenvalue weighted by Crippen LogP contribution is 2.28. The van der Waals surface area contributed by atoms with E-state index in [-0.39, 0.29) is 11.3 Å². The monoisotopic (exact) mass is 213 g/mol. The van der Waals surface area contributed by atoms with Gasteiger partial charge in [-0.05, 0) is 22.9 Å². The Morgan fingerprint density at radius 2 is 2.27 bits per heavy atom. The molecule has 0 N–H and O–H groups in total. The molecule has 0 atom stereocenters. The molecule has 0 unspecified atom stereocenters. The molecule has 1 heterocycles. The van der Waals surface area contributed by atoms with E-state index in [2.05, 4.69) is 4.98 Å². The minimum absolute atomic E-state index is 0.193. The maximum Gasteiger partial charge on any atom is 0.373 e. The number of rotatable bonds is 2. The van der Waals surface area contributed by atoms with Crippen molar-refractivity contribution >= 4 is 5.82 Å². The molecule has 0 saturated carbocycles. The Labute approximate surface area is 83.1 Å². The lowest BCUT2D eigenvalue weighted by Crippen LogP contribution is -2.02. The van der Waals surface area contributed by atoms with Crippen LogP contribution in [0.2, 0.25) is 0 Å². The number of hydrogen-bond donors (Lipinski definition) is 0. The van der Waals surface area contributed by atoms with Gasteiger partial charge in [0.1, 0.15) is 11.6 Å². The summed E-state index contributed by atoms with van der Waals surface area (Å²) in [4.78, 5) is 12.7. The standard InChI is InChI=1S/C8H5F2N3O2/c1-4-2-5(7(9)10)8(13(14)15)12-6(4)3-11/h2,7H,1H3. The van der Waals surface area contributed by atoms with Crippen LogP contribution in [-0.2, 0) is 0 Å². The van der Waals surface area contributed by atoms with Crippen LogP contribution in [0.25, 0.3) is 0 Å². The number of nitrogens with zero attached hydrogens (tertiary/aromatic N) is 3. The van der Waals surface area contributed by atoms with E-state index in [1.54, 1.807) is 6.07 Å². The van der Waals surface area contributed by atoms with Gasteiger partial charge in [-0.3, -0.25) is 0 Å². The van der Waals surface area contributed by atoms with E-state index in [9.17, 15) is 18.9 Å². The van der Waals surface area contributed by atoms with Gasteiger partial charge >= 0.3 is 5.82 Å². The van der Waals surface area contributed by atoms with Crippen molar-refractivity contribution in [3.05, 3.63) is 33.0 Å². The van der Waals surface area contributed by atoms with Crippen molar-refractivity contribution in [1.29, 1.82) is 5.26 Å². The van der Waals surface area contributed by atoms with Crippen LogP contribution >= 0.6 is 0 Å². The highest BCUT2D eigenvalue weighted by atomic mass is 19.3. The second-order valence-electron chi connectivity index (χ2n) is 2.74. The molecular formula is C8H5F2N3O2. The fourth-order valence-electron chi connectivity index (χ4n) is 1.04. The van der Waals surface area contributed by atoms with E-state index in [4.69, 9.17) is 5.26 Å². The lowest BCUT2D eigenvalue weighted by atomic mass is 10.1. The van der Waals surface area contributed by atoms with Crippen LogP contribution < -0.4 is 0 Å². The van der Waals surface area contributed by atoms with Gasteiger partial charge in [0.05, 0.1) is 0 Å². The number of aryl methyl sites for hydroxylation is 1. The van der Waals surface area contributed by atoms with Crippen molar-refractivity contribution in [2.45, 2.75) is 13.3 Å². The largest absolute Gasteiger partial charge is 0.373 e. The number of halogens is 2. The Hall–Kier alpha value is -2.10. The number of hydrogen-bond acceptors (Lipinski definition) is 4. The fraction of sp³-hybridized carbons (Fsp3) is 0.250. The van der Waals surface area contributed by atoms with Gasteiger partial charge < -0.3 is 10.1 Å². The molecule has 0 aliphatic rings. The molecule has 15 heavy (non-hydrogen) atoms. The number of pyridine rings is 1. The maximum absolute atomic E-state index is 12.4. The highest BCUT2D eigenvalue weighted by molar-refractivity contribution is 5.43. The molecule has 1 aromatic rings. The van der Waals surface area contributed by atoms with E-state index >= 15 is 0 Å². The molecule has 0 spiro atoms. The molecule has 0 radical (unpaired) electrons. The molecule has 7 heteroatoms. The van der Waals surface area contributed by atoms with E-state index in [1.807, 2.05) is 0 Å². The smallest absolute Gasteiger partial charge is 0.358 e. The number of nitro groups is 1. The minimum atomic E-state index is -2.98. The van der Waals surface area contributed by atoms with Gasteiger partial charge in [0.15, 0.2) is 0 Å². The molecule has 0 aliphatic carbocycles. The minimum Gasteiger partial charge on any atom is -0.358 e. The van der Waals surface area contributed by atoms with Crippen LogP contribution in [-0.4, -0.2) is 9.91 Å². The van der Waals surface area contributed by atoms with Gasteiger partial charge in [-0.2, -0.15) is 5.26 Å². The fourth-order valence-corrected chi connectivity index (χ4v) is 1.04. The van der Waals surface area contributed by atoms with Crippen LogP contribution in [0.3, 0.4) is 0 Å². The van der Waals surface area contributed by atoms with Gasteiger partial charge in [-0.25, -0.2) is 8.78 Å². The van der Waals surface area contributed by atoms with Crippen molar-refractivity contribution in [2.24, 2.45) is 0 Å². The molecule has 0 bridgehead atoms. The van der Waals surface area contributed by atoms with Gasteiger partial charge in [0.2, 0.25) is 0 Å². The molecule has 78 valence electrons. The molecule has 0 aromatic carbocycles. The first-order valence-electron chi connectivity index (χ1n) is 3.81. The van der Waals surface area contributed by atoms with Crippen LogP contribution in [0.15, 0.2) is 6.07 Å². The summed E-state index contributed by atoms with van der Waals surface area (Å²) in [5.74, 6) is -0.966. The Morgan fingerprint density at radius 1 is 1.67 bits per heavy atom. The Balaban J connectivity index is 3.47. The lowest BCUT2D eigenvalue weighted by Gasteiger charge is -2.02. The summed E-state index contributed by atoms with van der Waals surface area (Å²) in [6.45, 7) is 1.39.